The van der Waals surface area contributed by atoms with Gasteiger partial charge in [-0.3, -0.25) is 0 Å². The zero-order chi connectivity index (χ0) is 14.2. The minimum absolute atomic E-state index is 0.0448. The molecule has 8 heteroatoms. The number of hydrogen-bond acceptors (Lipinski definition) is 6. The first-order valence-corrected chi connectivity index (χ1v) is 6.85. The summed E-state index contributed by atoms with van der Waals surface area (Å²) in [6.45, 7) is 6.34. The van der Waals surface area contributed by atoms with Gasteiger partial charge in [0.15, 0.2) is 0 Å². The molecule has 0 radical (unpaired) electrons. The first-order valence-electron chi connectivity index (χ1n) is 5.97. The van der Waals surface area contributed by atoms with Gasteiger partial charge in [0.25, 0.3) is 4.96 Å². The summed E-state index contributed by atoms with van der Waals surface area (Å²) in [5, 5.41) is 16.1. The normalized spacial score (nSPS) is 14.8. The maximum atomic E-state index is 11.2. The van der Waals surface area contributed by atoms with Crippen molar-refractivity contribution in [1.82, 2.24) is 9.38 Å². The second-order valence-electron chi connectivity index (χ2n) is 5.00. The zero-order valence-corrected chi connectivity index (χ0v) is 11.9. The second kappa shape index (κ2) is 4.78. The number of imidazole rings is 1. The topological polar surface area (TPSA) is 98.5 Å². The highest BCUT2D eigenvalue weighted by molar-refractivity contribution is 7.15. The standard InChI is InChI=1S/C11H17N5O2S/c1-7(2)11(3,6-12)14-8-9(16(17)18)15-4-5-19-10(15)13-8/h4-5,7,14H,6,12H2,1-3H3. The summed E-state index contributed by atoms with van der Waals surface area (Å²) < 4.78 is 1.48. The van der Waals surface area contributed by atoms with Gasteiger partial charge in [0.1, 0.15) is 6.20 Å². The molecule has 0 bridgehead atoms. The monoisotopic (exact) mass is 283 g/mol. The van der Waals surface area contributed by atoms with Crippen LogP contribution in [0, 0.1) is 16.0 Å². The lowest BCUT2D eigenvalue weighted by Crippen LogP contribution is -2.47. The predicted molar refractivity (Wildman–Crippen MR) is 75.6 cm³/mol. The molecule has 7 nitrogen and oxygen atoms in total. The first-order chi connectivity index (χ1) is 8.89. The van der Waals surface area contributed by atoms with E-state index in [4.69, 9.17) is 5.73 Å². The number of aromatic nitrogens is 2. The van der Waals surface area contributed by atoms with E-state index >= 15 is 0 Å². The molecule has 2 aromatic heterocycles. The van der Waals surface area contributed by atoms with Crippen molar-refractivity contribution >= 4 is 27.9 Å². The summed E-state index contributed by atoms with van der Waals surface area (Å²) in [6, 6.07) is 0. The number of hydrogen-bond donors (Lipinski definition) is 2. The number of anilines is 1. The van der Waals surface area contributed by atoms with Gasteiger partial charge in [-0.1, -0.05) is 25.2 Å². The highest BCUT2D eigenvalue weighted by atomic mass is 32.1. The van der Waals surface area contributed by atoms with Gasteiger partial charge in [-0.15, -0.1) is 0 Å². The number of nitrogens with two attached hydrogens (primary N) is 1. The van der Waals surface area contributed by atoms with Gasteiger partial charge in [0.2, 0.25) is 5.82 Å². The molecule has 0 saturated carbocycles. The van der Waals surface area contributed by atoms with Crippen LogP contribution in [0.15, 0.2) is 11.6 Å². The van der Waals surface area contributed by atoms with Crippen LogP contribution in [0.1, 0.15) is 20.8 Å². The maximum absolute atomic E-state index is 11.2. The molecule has 1 unspecified atom stereocenters. The van der Waals surface area contributed by atoms with Crippen LogP contribution < -0.4 is 11.1 Å². The fourth-order valence-electron chi connectivity index (χ4n) is 1.73. The number of nitrogens with zero attached hydrogens (tertiary/aromatic N) is 3. The molecule has 0 aliphatic rings. The van der Waals surface area contributed by atoms with Crippen LogP contribution >= 0.6 is 11.3 Å². The van der Waals surface area contributed by atoms with E-state index in [0.29, 0.717) is 11.5 Å². The van der Waals surface area contributed by atoms with Crippen molar-refractivity contribution in [1.29, 1.82) is 0 Å². The van der Waals surface area contributed by atoms with Crippen molar-refractivity contribution < 1.29 is 4.92 Å². The van der Waals surface area contributed by atoms with Gasteiger partial charge in [-0.25, -0.2) is 0 Å². The maximum Gasteiger partial charge on any atom is 0.372 e. The molecule has 1 atom stereocenters. The Morgan fingerprint density at radius 3 is 2.89 bits per heavy atom. The molecular weight excluding hydrogens is 266 g/mol. The van der Waals surface area contributed by atoms with Crippen molar-refractivity contribution in [2.75, 3.05) is 11.9 Å². The zero-order valence-electron chi connectivity index (χ0n) is 11.1. The third-order valence-electron chi connectivity index (χ3n) is 3.51. The molecule has 2 heterocycles. The number of rotatable bonds is 5. The Balaban J connectivity index is 2.47. The van der Waals surface area contributed by atoms with Crippen molar-refractivity contribution in [2.45, 2.75) is 26.3 Å². The fourth-order valence-corrected chi connectivity index (χ4v) is 2.44. The van der Waals surface area contributed by atoms with Crippen LogP contribution in [0.3, 0.4) is 0 Å². The van der Waals surface area contributed by atoms with Crippen LogP contribution in [-0.4, -0.2) is 26.4 Å². The molecule has 0 aliphatic carbocycles. The first kappa shape index (κ1) is 13.8. The molecule has 0 aromatic carbocycles. The van der Waals surface area contributed by atoms with Gasteiger partial charge in [-0.05, 0) is 17.8 Å². The van der Waals surface area contributed by atoms with Crippen LogP contribution in [0.2, 0.25) is 0 Å². The van der Waals surface area contributed by atoms with Crippen molar-refractivity contribution in [3.63, 3.8) is 0 Å². The van der Waals surface area contributed by atoms with Crippen LogP contribution in [0.25, 0.3) is 4.96 Å². The minimum Gasteiger partial charge on any atom is -0.358 e. The summed E-state index contributed by atoms with van der Waals surface area (Å²) in [5.74, 6) is 0.451. The fraction of sp³-hybridized carbons (Fsp3) is 0.545. The Bertz CT molecular complexity index is 605. The van der Waals surface area contributed by atoms with Crippen molar-refractivity contribution in [3.05, 3.63) is 21.7 Å². The molecule has 0 saturated heterocycles. The van der Waals surface area contributed by atoms with E-state index in [2.05, 4.69) is 10.3 Å². The smallest absolute Gasteiger partial charge is 0.358 e. The third-order valence-corrected chi connectivity index (χ3v) is 4.27. The second-order valence-corrected chi connectivity index (χ2v) is 5.87. The van der Waals surface area contributed by atoms with E-state index in [-0.39, 0.29) is 17.6 Å². The molecule has 2 rings (SSSR count). The Hall–Kier alpha value is -1.67. The van der Waals surface area contributed by atoms with Gasteiger partial charge in [0.05, 0.1) is 5.54 Å². The van der Waals surface area contributed by atoms with E-state index < -0.39 is 10.5 Å². The Kier molecular flexibility index (Phi) is 3.46. The van der Waals surface area contributed by atoms with Gasteiger partial charge >= 0.3 is 5.82 Å². The molecule has 0 spiro atoms. The Labute approximate surface area is 114 Å². The van der Waals surface area contributed by atoms with Crippen LogP contribution in [0.5, 0.6) is 0 Å². The van der Waals surface area contributed by atoms with Crippen LogP contribution in [0.4, 0.5) is 11.6 Å². The highest BCUT2D eigenvalue weighted by Gasteiger charge is 2.32. The highest BCUT2D eigenvalue weighted by Crippen LogP contribution is 2.31. The quantitative estimate of drug-likeness (QED) is 0.646. The predicted octanol–water partition coefficient (Wildman–Crippen LogP) is 2.09. The van der Waals surface area contributed by atoms with Crippen molar-refractivity contribution in [3.8, 4) is 0 Å². The average Bonchev–Trinajstić information content (AvgIpc) is 2.87. The average molecular weight is 283 g/mol. The van der Waals surface area contributed by atoms with E-state index in [1.165, 1.54) is 15.7 Å². The molecular formula is C11H17N5O2S. The summed E-state index contributed by atoms with van der Waals surface area (Å²) >= 11 is 1.36. The Morgan fingerprint density at radius 2 is 2.37 bits per heavy atom. The van der Waals surface area contributed by atoms with Crippen LogP contribution in [-0.2, 0) is 0 Å². The molecule has 0 aliphatic heterocycles. The SMILES string of the molecule is CC(C)C(C)(CN)Nc1nc2sccn2c1[N+](=O)[O-]. The third kappa shape index (κ3) is 2.28. The van der Waals surface area contributed by atoms with E-state index in [1.807, 2.05) is 20.8 Å². The molecule has 0 fully saturated rings. The number of nitro groups is 1. The Morgan fingerprint density at radius 1 is 1.68 bits per heavy atom. The van der Waals surface area contributed by atoms with Crippen molar-refractivity contribution in [2.24, 2.45) is 11.7 Å². The van der Waals surface area contributed by atoms with E-state index in [9.17, 15) is 10.1 Å². The molecule has 2 aromatic rings. The van der Waals surface area contributed by atoms with Gasteiger partial charge < -0.3 is 21.2 Å². The van der Waals surface area contributed by atoms with E-state index in [1.54, 1.807) is 11.6 Å². The lowest BCUT2D eigenvalue weighted by atomic mass is 9.88. The summed E-state index contributed by atoms with van der Waals surface area (Å²) in [5.41, 5.74) is 5.35. The van der Waals surface area contributed by atoms with E-state index in [0.717, 1.165) is 0 Å². The molecule has 3 N–H and O–H groups in total. The number of thiazole rings is 1. The molecule has 0 amide bonds. The van der Waals surface area contributed by atoms with Gasteiger partial charge in [-0.2, -0.15) is 9.38 Å². The lowest BCUT2D eigenvalue weighted by molar-refractivity contribution is -0.389. The van der Waals surface area contributed by atoms with Gasteiger partial charge in [0, 0.05) is 11.9 Å². The summed E-state index contributed by atoms with van der Waals surface area (Å²) in [6.07, 6.45) is 1.64. The number of fused-ring (bicyclic) bond motifs is 1. The minimum atomic E-state index is -0.436. The summed E-state index contributed by atoms with van der Waals surface area (Å²) in [7, 11) is 0. The molecule has 104 valence electrons. The number of nitrogens with one attached hydrogen (secondary N) is 1. The summed E-state index contributed by atoms with van der Waals surface area (Å²) in [4.78, 5) is 15.7. The largest absolute Gasteiger partial charge is 0.372 e. The molecule has 19 heavy (non-hydrogen) atoms. The lowest BCUT2D eigenvalue weighted by Gasteiger charge is -2.33.